The van der Waals surface area contributed by atoms with E-state index in [9.17, 15) is 22.4 Å². The number of amides is 1. The van der Waals surface area contributed by atoms with Crippen molar-refractivity contribution in [2.75, 3.05) is 5.32 Å². The van der Waals surface area contributed by atoms with Gasteiger partial charge in [0.2, 0.25) is 5.91 Å². The number of nitrogens with one attached hydrogen (secondary N) is 1. The van der Waals surface area contributed by atoms with Crippen molar-refractivity contribution >= 4 is 23.2 Å². The first-order valence-electron chi connectivity index (χ1n) is 4.05. The van der Waals surface area contributed by atoms with Crippen LogP contribution in [0.1, 0.15) is 12.5 Å². The number of hydrogen-bond acceptors (Lipinski definition) is 1. The summed E-state index contributed by atoms with van der Waals surface area (Å²) in [5.74, 6) is -1.85. The number of anilines is 1. The van der Waals surface area contributed by atoms with Crippen molar-refractivity contribution in [3.05, 3.63) is 28.5 Å². The Labute approximate surface area is 93.2 Å². The van der Waals surface area contributed by atoms with Crippen LogP contribution in [0.25, 0.3) is 0 Å². The van der Waals surface area contributed by atoms with E-state index in [2.05, 4.69) is 0 Å². The van der Waals surface area contributed by atoms with Crippen molar-refractivity contribution in [2.24, 2.45) is 0 Å². The minimum atomic E-state index is -4.68. The van der Waals surface area contributed by atoms with E-state index < -0.39 is 34.2 Å². The molecule has 88 valence electrons. The van der Waals surface area contributed by atoms with E-state index in [1.54, 1.807) is 0 Å². The third kappa shape index (κ3) is 2.85. The van der Waals surface area contributed by atoms with Gasteiger partial charge in [0.05, 0.1) is 16.3 Å². The van der Waals surface area contributed by atoms with Crippen LogP contribution in [0.2, 0.25) is 5.02 Å². The molecule has 1 aromatic carbocycles. The third-order valence-corrected chi connectivity index (χ3v) is 1.97. The number of carbonyl (C=O) groups is 1. The second-order valence-electron chi connectivity index (χ2n) is 2.99. The molecular formula is C9H6ClF4NO. The summed E-state index contributed by atoms with van der Waals surface area (Å²) >= 11 is 5.43. The molecule has 16 heavy (non-hydrogen) atoms. The van der Waals surface area contributed by atoms with E-state index in [4.69, 9.17) is 11.6 Å². The lowest BCUT2D eigenvalue weighted by molar-refractivity contribution is -0.137. The van der Waals surface area contributed by atoms with E-state index in [0.29, 0.717) is 6.07 Å². The molecule has 0 atom stereocenters. The second-order valence-corrected chi connectivity index (χ2v) is 3.40. The molecule has 0 radical (unpaired) electrons. The number of benzene rings is 1. The maximum atomic E-state index is 13.2. The Balaban J connectivity index is 3.23. The van der Waals surface area contributed by atoms with E-state index in [0.717, 1.165) is 6.92 Å². The highest BCUT2D eigenvalue weighted by molar-refractivity contribution is 6.33. The average molecular weight is 256 g/mol. The van der Waals surface area contributed by atoms with E-state index in [1.807, 2.05) is 5.32 Å². The van der Waals surface area contributed by atoms with Crippen LogP contribution >= 0.6 is 11.6 Å². The lowest BCUT2D eigenvalue weighted by atomic mass is 10.2. The van der Waals surface area contributed by atoms with Crippen molar-refractivity contribution in [3.63, 3.8) is 0 Å². The maximum Gasteiger partial charge on any atom is 0.416 e. The first-order chi connectivity index (χ1) is 7.21. The summed E-state index contributed by atoms with van der Waals surface area (Å²) in [6, 6.07) is 0.826. The third-order valence-electron chi connectivity index (χ3n) is 1.67. The van der Waals surface area contributed by atoms with Crippen LogP contribution < -0.4 is 5.32 Å². The zero-order chi connectivity index (χ0) is 12.5. The Hall–Kier alpha value is -1.30. The fourth-order valence-electron chi connectivity index (χ4n) is 1.03. The number of rotatable bonds is 1. The van der Waals surface area contributed by atoms with Crippen LogP contribution in [0.15, 0.2) is 12.1 Å². The summed E-state index contributed by atoms with van der Waals surface area (Å²) < 4.78 is 49.9. The van der Waals surface area contributed by atoms with Crippen LogP contribution in [0.5, 0.6) is 0 Å². The summed E-state index contributed by atoms with van der Waals surface area (Å²) in [5, 5.41) is 1.51. The van der Waals surface area contributed by atoms with Gasteiger partial charge in [-0.2, -0.15) is 13.2 Å². The molecule has 2 nitrogen and oxygen atoms in total. The molecule has 0 aliphatic heterocycles. The molecule has 0 fully saturated rings. The molecular weight excluding hydrogens is 250 g/mol. The van der Waals surface area contributed by atoms with Crippen molar-refractivity contribution in [3.8, 4) is 0 Å². The Morgan fingerprint density at radius 3 is 2.31 bits per heavy atom. The number of halogens is 5. The predicted octanol–water partition coefficient (Wildman–Crippen LogP) is 3.46. The van der Waals surface area contributed by atoms with Gasteiger partial charge in [0.25, 0.3) is 0 Å². The summed E-state index contributed by atoms with van der Waals surface area (Å²) in [5.41, 5.74) is -1.66. The van der Waals surface area contributed by atoms with Crippen LogP contribution in [0.4, 0.5) is 23.2 Å². The quantitative estimate of drug-likeness (QED) is 0.765. The van der Waals surface area contributed by atoms with Gasteiger partial charge in [-0.1, -0.05) is 11.6 Å². The molecule has 1 amide bonds. The number of carbonyl (C=O) groups excluding carboxylic acids is 1. The van der Waals surface area contributed by atoms with Gasteiger partial charge < -0.3 is 5.32 Å². The molecule has 0 aromatic heterocycles. The van der Waals surface area contributed by atoms with Gasteiger partial charge in [-0.05, 0) is 12.1 Å². The van der Waals surface area contributed by atoms with Gasteiger partial charge in [-0.25, -0.2) is 4.39 Å². The summed E-state index contributed by atoms with van der Waals surface area (Å²) in [6.45, 7) is 1.09. The molecule has 0 saturated heterocycles. The number of alkyl halides is 3. The van der Waals surface area contributed by atoms with Crippen LogP contribution in [0.3, 0.4) is 0 Å². The van der Waals surface area contributed by atoms with Gasteiger partial charge in [0.1, 0.15) is 5.82 Å². The topological polar surface area (TPSA) is 29.1 Å². The van der Waals surface area contributed by atoms with Crippen molar-refractivity contribution in [2.45, 2.75) is 13.1 Å². The lowest BCUT2D eigenvalue weighted by Crippen LogP contribution is -2.11. The Morgan fingerprint density at radius 1 is 1.38 bits per heavy atom. The van der Waals surface area contributed by atoms with Crippen LogP contribution in [-0.4, -0.2) is 5.91 Å². The monoisotopic (exact) mass is 255 g/mol. The maximum absolute atomic E-state index is 13.2. The molecule has 0 unspecified atom stereocenters. The highest BCUT2D eigenvalue weighted by Gasteiger charge is 2.32. The zero-order valence-corrected chi connectivity index (χ0v) is 8.71. The number of hydrogen-bond donors (Lipinski definition) is 1. The van der Waals surface area contributed by atoms with Crippen molar-refractivity contribution in [1.29, 1.82) is 0 Å². The molecule has 7 heteroatoms. The van der Waals surface area contributed by atoms with Crippen LogP contribution in [-0.2, 0) is 11.0 Å². The molecule has 0 aliphatic rings. The molecule has 0 saturated carbocycles. The minimum Gasteiger partial charge on any atom is -0.323 e. The van der Waals surface area contributed by atoms with Gasteiger partial charge in [0.15, 0.2) is 0 Å². The SMILES string of the molecule is CC(=O)Nc1c(F)cc(C(F)(F)F)cc1Cl. The highest BCUT2D eigenvalue weighted by Crippen LogP contribution is 2.35. The molecule has 0 bridgehead atoms. The second kappa shape index (κ2) is 4.29. The molecule has 0 spiro atoms. The smallest absolute Gasteiger partial charge is 0.323 e. The fraction of sp³-hybridized carbons (Fsp3) is 0.222. The highest BCUT2D eigenvalue weighted by atomic mass is 35.5. The van der Waals surface area contributed by atoms with E-state index in [1.165, 1.54) is 0 Å². The van der Waals surface area contributed by atoms with Crippen molar-refractivity contribution < 1.29 is 22.4 Å². The van der Waals surface area contributed by atoms with Crippen molar-refractivity contribution in [1.82, 2.24) is 0 Å². The minimum absolute atomic E-state index is 0.275. The lowest BCUT2D eigenvalue weighted by Gasteiger charge is -2.11. The molecule has 1 N–H and O–H groups in total. The largest absolute Gasteiger partial charge is 0.416 e. The van der Waals surface area contributed by atoms with Crippen LogP contribution in [0, 0.1) is 5.82 Å². The summed E-state index contributed by atoms with van der Waals surface area (Å²) in [7, 11) is 0. The summed E-state index contributed by atoms with van der Waals surface area (Å²) in [4.78, 5) is 10.6. The molecule has 1 aromatic rings. The molecule has 0 aliphatic carbocycles. The Kier molecular flexibility index (Phi) is 3.42. The molecule has 1 rings (SSSR count). The van der Waals surface area contributed by atoms with Gasteiger partial charge >= 0.3 is 6.18 Å². The van der Waals surface area contributed by atoms with Gasteiger partial charge in [0, 0.05) is 6.92 Å². The first kappa shape index (κ1) is 12.8. The zero-order valence-electron chi connectivity index (χ0n) is 7.95. The molecule has 0 heterocycles. The Morgan fingerprint density at radius 2 is 1.94 bits per heavy atom. The van der Waals surface area contributed by atoms with Gasteiger partial charge in [-0.3, -0.25) is 4.79 Å². The first-order valence-corrected chi connectivity index (χ1v) is 4.43. The van der Waals surface area contributed by atoms with Gasteiger partial charge in [-0.15, -0.1) is 0 Å². The van der Waals surface area contributed by atoms with E-state index in [-0.39, 0.29) is 6.07 Å². The summed E-state index contributed by atoms with van der Waals surface area (Å²) in [6.07, 6.45) is -4.68. The van der Waals surface area contributed by atoms with E-state index >= 15 is 0 Å². The predicted molar refractivity (Wildman–Crippen MR) is 50.7 cm³/mol. The fourth-order valence-corrected chi connectivity index (χ4v) is 1.29. The standard InChI is InChI=1S/C9H6ClF4NO/c1-4(16)15-8-6(10)2-5(3-7(8)11)9(12,13)14/h2-3H,1H3,(H,15,16). The average Bonchev–Trinajstić information content (AvgIpc) is 2.09. The Bertz CT molecular complexity index is 407. The normalized spacial score (nSPS) is 11.4.